The maximum atomic E-state index is 13.8. The Balaban J connectivity index is 1.99. The van der Waals surface area contributed by atoms with Crippen LogP contribution in [0.2, 0.25) is 0 Å². The van der Waals surface area contributed by atoms with E-state index in [1.807, 2.05) is 12.1 Å². The van der Waals surface area contributed by atoms with Gasteiger partial charge in [-0.25, -0.2) is 9.79 Å². The van der Waals surface area contributed by atoms with E-state index in [4.69, 9.17) is 14.2 Å². The molecule has 0 amide bonds. The molecule has 0 radical (unpaired) electrons. The van der Waals surface area contributed by atoms with E-state index in [0.717, 1.165) is 4.47 Å². The molecular formula is C26H25BrN2O6S. The minimum Gasteiger partial charge on any atom is -0.504 e. The lowest BCUT2D eigenvalue weighted by Gasteiger charge is -2.26. The van der Waals surface area contributed by atoms with E-state index in [-0.39, 0.29) is 23.0 Å². The second-order valence-corrected chi connectivity index (χ2v) is 10.3. The largest absolute Gasteiger partial charge is 0.504 e. The summed E-state index contributed by atoms with van der Waals surface area (Å²) in [4.78, 5) is 32.1. The van der Waals surface area contributed by atoms with Crippen LogP contribution in [-0.2, 0) is 9.53 Å². The molecule has 36 heavy (non-hydrogen) atoms. The number of nitrogens with zero attached hydrogens (tertiary/aromatic N) is 2. The number of carbonyl (C=O) groups is 1. The number of hydrogen-bond donors (Lipinski definition) is 1. The van der Waals surface area contributed by atoms with E-state index in [1.165, 1.54) is 36.2 Å². The molecule has 0 fully saturated rings. The summed E-state index contributed by atoms with van der Waals surface area (Å²) in [7, 11) is 3.00. The fraction of sp³-hybridized carbons (Fsp3) is 0.269. The van der Waals surface area contributed by atoms with Crippen LogP contribution in [0.1, 0.15) is 37.9 Å². The molecule has 1 aliphatic heterocycles. The highest BCUT2D eigenvalue weighted by molar-refractivity contribution is 9.10. The van der Waals surface area contributed by atoms with Crippen molar-refractivity contribution in [1.82, 2.24) is 4.57 Å². The summed E-state index contributed by atoms with van der Waals surface area (Å²) < 4.78 is 19.0. The number of benzene rings is 2. The second-order valence-electron chi connectivity index (χ2n) is 8.35. The van der Waals surface area contributed by atoms with Gasteiger partial charge in [0.1, 0.15) is 11.8 Å². The number of phenols is 1. The van der Waals surface area contributed by atoms with Crippen molar-refractivity contribution in [2.45, 2.75) is 32.9 Å². The van der Waals surface area contributed by atoms with Gasteiger partial charge in [-0.05, 0) is 62.7 Å². The van der Waals surface area contributed by atoms with Gasteiger partial charge in [0.2, 0.25) is 0 Å². The lowest BCUT2D eigenvalue weighted by Crippen LogP contribution is -2.40. The highest BCUT2D eigenvalue weighted by Crippen LogP contribution is 2.37. The Morgan fingerprint density at radius 3 is 2.56 bits per heavy atom. The minimum atomic E-state index is -0.809. The SMILES string of the molecule is COc1cc(/C=c2\sc3n(c2=O)[C@H](c2cc(Br)ccc2OC)C(C(=O)OC(C)C)=C(C)N=3)ccc1O. The third-order valence-electron chi connectivity index (χ3n) is 5.57. The molecule has 1 atom stereocenters. The van der Waals surface area contributed by atoms with Crippen LogP contribution < -0.4 is 24.4 Å². The molecule has 0 saturated carbocycles. The fourth-order valence-corrected chi connectivity index (χ4v) is 5.43. The Hall–Kier alpha value is -3.37. The number of methoxy groups -OCH3 is 2. The van der Waals surface area contributed by atoms with Crippen molar-refractivity contribution in [2.75, 3.05) is 14.2 Å². The zero-order chi connectivity index (χ0) is 26.1. The highest BCUT2D eigenvalue weighted by atomic mass is 79.9. The first kappa shape index (κ1) is 25.7. The first-order chi connectivity index (χ1) is 17.1. The number of carbonyl (C=O) groups excluding carboxylic acids is 1. The van der Waals surface area contributed by atoms with Crippen molar-refractivity contribution >= 4 is 39.3 Å². The molecule has 188 valence electrons. The smallest absolute Gasteiger partial charge is 0.338 e. The monoisotopic (exact) mass is 572 g/mol. The first-order valence-corrected chi connectivity index (χ1v) is 12.7. The normalized spacial score (nSPS) is 15.5. The number of phenolic OH excluding ortho intramolecular Hbond substituents is 1. The van der Waals surface area contributed by atoms with E-state index in [2.05, 4.69) is 20.9 Å². The van der Waals surface area contributed by atoms with E-state index in [1.54, 1.807) is 45.0 Å². The van der Waals surface area contributed by atoms with E-state index in [0.29, 0.717) is 37.7 Å². The summed E-state index contributed by atoms with van der Waals surface area (Å²) in [5.74, 6) is 0.269. The third-order valence-corrected chi connectivity index (χ3v) is 7.05. The molecule has 1 aromatic heterocycles. The summed E-state index contributed by atoms with van der Waals surface area (Å²) in [6.07, 6.45) is 1.35. The van der Waals surface area contributed by atoms with Gasteiger partial charge in [0, 0.05) is 10.0 Å². The predicted octanol–water partition coefficient (Wildman–Crippen LogP) is 3.67. The Kier molecular flexibility index (Phi) is 7.37. The Morgan fingerprint density at radius 1 is 1.17 bits per heavy atom. The fourth-order valence-electron chi connectivity index (χ4n) is 4.01. The van der Waals surface area contributed by atoms with Crippen LogP contribution in [0, 0.1) is 0 Å². The average Bonchev–Trinajstić information content (AvgIpc) is 3.13. The highest BCUT2D eigenvalue weighted by Gasteiger charge is 2.35. The van der Waals surface area contributed by atoms with Crippen molar-refractivity contribution in [3.05, 3.63) is 83.0 Å². The summed E-state index contributed by atoms with van der Waals surface area (Å²) in [5.41, 5.74) is 1.70. The Bertz CT molecular complexity index is 1550. The summed E-state index contributed by atoms with van der Waals surface area (Å²) in [5, 5.41) is 9.91. The Morgan fingerprint density at radius 2 is 1.89 bits per heavy atom. The van der Waals surface area contributed by atoms with Gasteiger partial charge in [-0.2, -0.15) is 0 Å². The molecule has 3 aromatic rings. The van der Waals surface area contributed by atoms with Crippen LogP contribution in [0.3, 0.4) is 0 Å². The van der Waals surface area contributed by atoms with E-state index < -0.39 is 12.0 Å². The molecule has 4 rings (SSSR count). The van der Waals surface area contributed by atoms with Gasteiger partial charge < -0.3 is 19.3 Å². The van der Waals surface area contributed by atoms with Crippen molar-refractivity contribution in [3.8, 4) is 17.2 Å². The van der Waals surface area contributed by atoms with Crippen LogP contribution in [0.5, 0.6) is 17.2 Å². The van der Waals surface area contributed by atoms with Gasteiger partial charge in [0.05, 0.1) is 36.1 Å². The molecular weight excluding hydrogens is 548 g/mol. The number of aromatic nitrogens is 1. The number of esters is 1. The quantitative estimate of drug-likeness (QED) is 0.452. The molecule has 1 N–H and O–H groups in total. The molecule has 0 saturated heterocycles. The molecule has 8 nitrogen and oxygen atoms in total. The molecule has 10 heteroatoms. The summed E-state index contributed by atoms with van der Waals surface area (Å²) in [6.45, 7) is 5.27. The number of ether oxygens (including phenoxy) is 3. The van der Waals surface area contributed by atoms with Crippen molar-refractivity contribution in [3.63, 3.8) is 0 Å². The molecule has 1 aliphatic rings. The van der Waals surface area contributed by atoms with Crippen molar-refractivity contribution in [2.24, 2.45) is 4.99 Å². The lowest BCUT2D eigenvalue weighted by molar-refractivity contribution is -0.143. The van der Waals surface area contributed by atoms with Crippen molar-refractivity contribution in [1.29, 1.82) is 0 Å². The summed E-state index contributed by atoms with van der Waals surface area (Å²) in [6, 6.07) is 9.44. The first-order valence-electron chi connectivity index (χ1n) is 11.1. The van der Waals surface area contributed by atoms with Gasteiger partial charge in [-0.1, -0.05) is 33.3 Å². The molecule has 0 bridgehead atoms. The third kappa shape index (κ3) is 4.83. The summed E-state index contributed by atoms with van der Waals surface area (Å²) >= 11 is 4.71. The lowest BCUT2D eigenvalue weighted by atomic mass is 9.95. The minimum absolute atomic E-state index is 0.00166. The maximum Gasteiger partial charge on any atom is 0.338 e. The molecule has 2 heterocycles. The van der Waals surface area contributed by atoms with Gasteiger partial charge in [0.25, 0.3) is 5.56 Å². The zero-order valence-corrected chi connectivity index (χ0v) is 22.8. The van der Waals surface area contributed by atoms with Gasteiger partial charge >= 0.3 is 5.97 Å². The van der Waals surface area contributed by atoms with Crippen LogP contribution in [0.4, 0.5) is 0 Å². The predicted molar refractivity (Wildman–Crippen MR) is 140 cm³/mol. The zero-order valence-electron chi connectivity index (χ0n) is 20.4. The second kappa shape index (κ2) is 10.3. The Labute approximate surface area is 219 Å². The van der Waals surface area contributed by atoms with Gasteiger partial charge in [-0.15, -0.1) is 0 Å². The number of allylic oxidation sites excluding steroid dienone is 1. The van der Waals surface area contributed by atoms with Crippen LogP contribution >= 0.6 is 27.3 Å². The van der Waals surface area contributed by atoms with Crippen LogP contribution in [0.15, 0.2) is 61.9 Å². The van der Waals surface area contributed by atoms with E-state index in [9.17, 15) is 14.7 Å². The van der Waals surface area contributed by atoms with Gasteiger partial charge in [0.15, 0.2) is 16.3 Å². The number of aromatic hydroxyl groups is 1. The van der Waals surface area contributed by atoms with Crippen LogP contribution in [-0.4, -0.2) is 36.0 Å². The van der Waals surface area contributed by atoms with E-state index >= 15 is 0 Å². The standard InChI is InChI=1S/C26H25BrN2O6S/c1-13(2)35-25(32)22-14(3)28-26-29(23(22)17-12-16(27)7-9-19(17)33-4)24(31)21(36-26)11-15-6-8-18(30)20(10-15)34-5/h6-13,23,30H,1-5H3/b21-11-/t23-/m1/s1. The number of halogens is 1. The number of fused-ring (bicyclic) bond motifs is 1. The van der Waals surface area contributed by atoms with Crippen molar-refractivity contribution < 1.29 is 24.1 Å². The molecule has 2 aromatic carbocycles. The average molecular weight is 573 g/mol. The topological polar surface area (TPSA) is 99.4 Å². The molecule has 0 aliphatic carbocycles. The maximum absolute atomic E-state index is 13.8. The number of thiazole rings is 1. The van der Waals surface area contributed by atoms with Gasteiger partial charge in [-0.3, -0.25) is 9.36 Å². The molecule has 0 spiro atoms. The number of rotatable bonds is 6. The van der Waals surface area contributed by atoms with Crippen LogP contribution in [0.25, 0.3) is 6.08 Å². The molecule has 0 unspecified atom stereocenters. The number of hydrogen-bond acceptors (Lipinski definition) is 8.